The first-order valence-electron chi connectivity index (χ1n) is 6.48. The van der Waals surface area contributed by atoms with Gasteiger partial charge in [0.25, 0.3) is 0 Å². The van der Waals surface area contributed by atoms with Gasteiger partial charge >= 0.3 is 0 Å². The van der Waals surface area contributed by atoms with Crippen LogP contribution in [0.25, 0.3) is 0 Å². The van der Waals surface area contributed by atoms with Crippen LogP contribution >= 0.6 is 0 Å². The van der Waals surface area contributed by atoms with Crippen molar-refractivity contribution >= 4 is 0 Å². The highest BCUT2D eigenvalue weighted by Crippen LogP contribution is 2.25. The standard InChI is InChI=1S/C13H27NO4/c1-12(2,3)16-7-9(14)6-10(15)11-8-17-13(4,5)18-11/h9-11,15H,6-8,14H2,1-5H3/t9-,10-,11-/m1/s1. The molecular formula is C13H27NO4. The second-order valence-corrected chi connectivity index (χ2v) is 6.35. The maximum atomic E-state index is 10.0. The summed E-state index contributed by atoms with van der Waals surface area (Å²) in [5.74, 6) is -0.613. The first-order chi connectivity index (χ1) is 8.09. The summed E-state index contributed by atoms with van der Waals surface area (Å²) in [4.78, 5) is 0. The molecule has 0 aromatic rings. The molecule has 18 heavy (non-hydrogen) atoms. The van der Waals surface area contributed by atoms with Crippen LogP contribution in [-0.4, -0.2) is 48.0 Å². The van der Waals surface area contributed by atoms with Gasteiger partial charge in [0.05, 0.1) is 24.9 Å². The SMILES string of the molecule is CC(C)(C)OC[C@H](N)C[C@@H](O)[C@H]1COC(C)(C)O1. The molecule has 5 heteroatoms. The van der Waals surface area contributed by atoms with Crippen molar-refractivity contribution in [1.82, 2.24) is 0 Å². The zero-order valence-electron chi connectivity index (χ0n) is 12.1. The molecule has 3 N–H and O–H groups in total. The summed E-state index contributed by atoms with van der Waals surface area (Å²) in [6, 6.07) is -0.202. The lowest BCUT2D eigenvalue weighted by Crippen LogP contribution is -2.39. The van der Waals surface area contributed by atoms with Crippen LogP contribution in [0.5, 0.6) is 0 Å². The largest absolute Gasteiger partial charge is 0.390 e. The number of aliphatic hydroxyl groups excluding tert-OH is 1. The maximum absolute atomic E-state index is 10.0. The Morgan fingerprint density at radius 2 is 2.06 bits per heavy atom. The van der Waals surface area contributed by atoms with Crippen molar-refractivity contribution in [2.24, 2.45) is 5.73 Å². The van der Waals surface area contributed by atoms with Crippen LogP contribution < -0.4 is 5.73 Å². The molecule has 1 aliphatic heterocycles. The van der Waals surface area contributed by atoms with Gasteiger partial charge in [-0.2, -0.15) is 0 Å². The van der Waals surface area contributed by atoms with Crippen molar-refractivity contribution in [3.63, 3.8) is 0 Å². The second-order valence-electron chi connectivity index (χ2n) is 6.35. The summed E-state index contributed by atoms with van der Waals surface area (Å²) < 4.78 is 16.6. The lowest BCUT2D eigenvalue weighted by Gasteiger charge is -2.25. The van der Waals surface area contributed by atoms with Crippen molar-refractivity contribution < 1.29 is 19.3 Å². The first-order valence-corrected chi connectivity index (χ1v) is 6.48. The molecule has 1 heterocycles. The topological polar surface area (TPSA) is 73.9 Å². The molecule has 1 fully saturated rings. The van der Waals surface area contributed by atoms with Gasteiger partial charge in [0.1, 0.15) is 6.10 Å². The fourth-order valence-corrected chi connectivity index (χ4v) is 1.79. The van der Waals surface area contributed by atoms with Gasteiger partial charge in [-0.3, -0.25) is 0 Å². The van der Waals surface area contributed by atoms with Gasteiger partial charge in [-0.15, -0.1) is 0 Å². The van der Waals surface area contributed by atoms with Gasteiger partial charge in [0, 0.05) is 6.04 Å². The molecule has 1 rings (SSSR count). The Labute approximate surface area is 110 Å². The van der Waals surface area contributed by atoms with E-state index in [1.807, 2.05) is 34.6 Å². The molecule has 0 bridgehead atoms. The maximum Gasteiger partial charge on any atom is 0.163 e. The van der Waals surface area contributed by atoms with Crippen molar-refractivity contribution in [2.45, 2.75) is 70.7 Å². The third kappa shape index (κ3) is 5.63. The average Bonchev–Trinajstić information content (AvgIpc) is 2.55. The summed E-state index contributed by atoms with van der Waals surface area (Å²) in [6.07, 6.45) is -0.480. The fraction of sp³-hybridized carbons (Fsp3) is 1.00. The number of nitrogens with two attached hydrogens (primary N) is 1. The van der Waals surface area contributed by atoms with E-state index in [2.05, 4.69) is 0 Å². The molecule has 0 unspecified atom stereocenters. The lowest BCUT2D eigenvalue weighted by atomic mass is 10.1. The molecule has 0 amide bonds. The zero-order chi connectivity index (χ0) is 14.0. The third-order valence-corrected chi connectivity index (χ3v) is 2.73. The Kier molecular flexibility index (Phi) is 5.14. The van der Waals surface area contributed by atoms with Gasteiger partial charge in [0.2, 0.25) is 0 Å². The molecular weight excluding hydrogens is 234 g/mol. The fourth-order valence-electron chi connectivity index (χ4n) is 1.79. The zero-order valence-corrected chi connectivity index (χ0v) is 12.1. The third-order valence-electron chi connectivity index (χ3n) is 2.73. The van der Waals surface area contributed by atoms with Crippen molar-refractivity contribution in [3.8, 4) is 0 Å². The van der Waals surface area contributed by atoms with Crippen LogP contribution in [0.1, 0.15) is 41.0 Å². The summed E-state index contributed by atoms with van der Waals surface area (Å²) in [5.41, 5.74) is 5.72. The first kappa shape index (κ1) is 15.9. The highest BCUT2D eigenvalue weighted by molar-refractivity contribution is 4.80. The van der Waals surface area contributed by atoms with E-state index >= 15 is 0 Å². The molecule has 0 aromatic carbocycles. The van der Waals surface area contributed by atoms with Crippen LogP contribution in [-0.2, 0) is 14.2 Å². The number of hydrogen-bond acceptors (Lipinski definition) is 5. The minimum atomic E-state index is -0.620. The predicted octanol–water partition coefficient (Wildman–Crippen LogP) is 1.03. The van der Waals surface area contributed by atoms with Crippen LogP contribution in [0.2, 0.25) is 0 Å². The Morgan fingerprint density at radius 3 is 2.50 bits per heavy atom. The average molecular weight is 261 g/mol. The summed E-state index contributed by atoms with van der Waals surface area (Å²) in [5, 5.41) is 10.0. The van der Waals surface area contributed by atoms with E-state index in [9.17, 15) is 5.11 Å². The minimum absolute atomic E-state index is 0.202. The van der Waals surface area contributed by atoms with E-state index in [1.165, 1.54) is 0 Å². The van der Waals surface area contributed by atoms with Crippen LogP contribution in [0, 0.1) is 0 Å². The molecule has 0 aromatic heterocycles. The van der Waals surface area contributed by atoms with E-state index in [1.54, 1.807) is 0 Å². The molecule has 0 radical (unpaired) electrons. The lowest BCUT2D eigenvalue weighted by molar-refractivity contribution is -0.152. The molecule has 1 aliphatic rings. The Bertz CT molecular complexity index is 262. The molecule has 3 atom stereocenters. The monoisotopic (exact) mass is 261 g/mol. The Balaban J connectivity index is 2.30. The van der Waals surface area contributed by atoms with Crippen molar-refractivity contribution in [1.29, 1.82) is 0 Å². The molecule has 0 aliphatic carbocycles. The number of ether oxygens (including phenoxy) is 3. The molecule has 1 saturated heterocycles. The summed E-state index contributed by atoms with van der Waals surface area (Å²) in [7, 11) is 0. The normalized spacial score (nSPS) is 27.2. The van der Waals surface area contributed by atoms with Crippen LogP contribution in [0.4, 0.5) is 0 Å². The molecule has 0 spiro atoms. The van der Waals surface area contributed by atoms with E-state index in [4.69, 9.17) is 19.9 Å². The van der Waals surface area contributed by atoms with Gasteiger partial charge in [0.15, 0.2) is 5.79 Å². The highest BCUT2D eigenvalue weighted by atomic mass is 16.7. The summed E-state index contributed by atoms with van der Waals surface area (Å²) >= 11 is 0. The second kappa shape index (κ2) is 5.84. The number of hydrogen-bond donors (Lipinski definition) is 2. The van der Waals surface area contributed by atoms with Crippen LogP contribution in [0.3, 0.4) is 0 Å². The van der Waals surface area contributed by atoms with E-state index in [-0.39, 0.29) is 17.7 Å². The van der Waals surface area contributed by atoms with E-state index in [0.717, 1.165) is 0 Å². The Morgan fingerprint density at radius 1 is 1.44 bits per heavy atom. The van der Waals surface area contributed by atoms with Crippen LogP contribution in [0.15, 0.2) is 0 Å². The van der Waals surface area contributed by atoms with Gasteiger partial charge in [-0.05, 0) is 41.0 Å². The number of rotatable bonds is 5. The van der Waals surface area contributed by atoms with Gasteiger partial charge in [-0.1, -0.05) is 0 Å². The van der Waals surface area contributed by atoms with E-state index in [0.29, 0.717) is 19.6 Å². The van der Waals surface area contributed by atoms with Crippen molar-refractivity contribution in [3.05, 3.63) is 0 Å². The van der Waals surface area contributed by atoms with Gasteiger partial charge in [-0.25, -0.2) is 0 Å². The smallest absolute Gasteiger partial charge is 0.163 e. The van der Waals surface area contributed by atoms with Gasteiger partial charge < -0.3 is 25.1 Å². The van der Waals surface area contributed by atoms with Crippen molar-refractivity contribution in [2.75, 3.05) is 13.2 Å². The Hall–Kier alpha value is -0.200. The highest BCUT2D eigenvalue weighted by Gasteiger charge is 2.37. The minimum Gasteiger partial charge on any atom is -0.390 e. The van der Waals surface area contributed by atoms with E-state index < -0.39 is 11.9 Å². The predicted molar refractivity (Wildman–Crippen MR) is 69.2 cm³/mol. The molecule has 108 valence electrons. The molecule has 0 saturated carbocycles. The molecule has 5 nitrogen and oxygen atoms in total. The summed E-state index contributed by atoms with van der Waals surface area (Å²) in [6.45, 7) is 10.4. The number of aliphatic hydroxyl groups is 1. The quantitative estimate of drug-likeness (QED) is 0.773.